The molecule has 3 aliphatic rings. The van der Waals surface area contributed by atoms with Gasteiger partial charge in [0.25, 0.3) is 5.91 Å². The van der Waals surface area contributed by atoms with Crippen molar-refractivity contribution < 1.29 is 30.8 Å². The molecule has 2 aromatic rings. The molecule has 8 nitrogen and oxygen atoms in total. The van der Waals surface area contributed by atoms with Crippen LogP contribution in [0.25, 0.3) is 0 Å². The minimum Gasteiger partial charge on any atom is -0.490 e. The minimum absolute atomic E-state index is 0.00585. The highest BCUT2D eigenvalue weighted by atomic mass is 32.2. The predicted octanol–water partition coefficient (Wildman–Crippen LogP) is 3.84. The average Bonchev–Trinajstić information content (AvgIpc) is 3.75. The van der Waals surface area contributed by atoms with E-state index in [0.29, 0.717) is 50.5 Å². The minimum atomic E-state index is -3.52. The summed E-state index contributed by atoms with van der Waals surface area (Å²) in [5, 5.41) is -0.407. The number of hydrogen-bond donors (Lipinski definition) is 0. The molecule has 1 heterocycles. The van der Waals surface area contributed by atoms with E-state index < -0.39 is 30.7 Å². The lowest BCUT2D eigenvalue weighted by Gasteiger charge is -2.36. The van der Waals surface area contributed by atoms with Gasteiger partial charge < -0.3 is 14.5 Å². The maximum atomic E-state index is 14.9. The monoisotopic (exact) mass is 564 g/mol. The quantitative estimate of drug-likeness (QED) is 0.504. The normalized spacial score (nSPS) is 19.4. The molecular weight excluding hydrogens is 531 g/mol. The molecule has 0 aromatic heterocycles. The number of rotatable bonds is 7. The molecule has 2 saturated carbocycles. The summed E-state index contributed by atoms with van der Waals surface area (Å²) in [6.07, 6.45) is 7.38. The van der Waals surface area contributed by atoms with Crippen LogP contribution in [-0.4, -0.2) is 71.4 Å². The van der Waals surface area contributed by atoms with Crippen molar-refractivity contribution in [3.05, 3.63) is 47.8 Å². The second-order valence-corrected chi connectivity index (χ2v) is 14.7. The molecule has 0 radical (unpaired) electrons. The van der Waals surface area contributed by atoms with Gasteiger partial charge in [0.05, 0.1) is 32.4 Å². The third-order valence-electron chi connectivity index (χ3n) is 7.57. The molecule has 3 fully saturated rings. The Kier molecular flexibility index (Phi) is 7.43. The van der Waals surface area contributed by atoms with Crippen molar-refractivity contribution in [1.29, 1.82) is 0 Å². The number of anilines is 1. The van der Waals surface area contributed by atoms with E-state index in [0.717, 1.165) is 44.4 Å². The Morgan fingerprint density at radius 2 is 1.53 bits per heavy atom. The fourth-order valence-corrected chi connectivity index (χ4v) is 7.50. The number of nitrogens with zero attached hydrogens (tertiary/aromatic N) is 2. The van der Waals surface area contributed by atoms with Gasteiger partial charge in [0.15, 0.2) is 19.7 Å². The van der Waals surface area contributed by atoms with E-state index >= 15 is 0 Å². The Labute approximate surface area is 223 Å². The molecule has 11 heteroatoms. The summed E-state index contributed by atoms with van der Waals surface area (Å²) in [5.74, 6) is -0.543. The fraction of sp³-hybridized carbons (Fsp3) is 0.519. The zero-order valence-corrected chi connectivity index (χ0v) is 23.1. The van der Waals surface area contributed by atoms with E-state index in [1.54, 1.807) is 15.9 Å². The molecular formula is C27H33FN2O6S2. The first kappa shape index (κ1) is 26.9. The van der Waals surface area contributed by atoms with Gasteiger partial charge in [-0.15, -0.1) is 0 Å². The van der Waals surface area contributed by atoms with E-state index in [1.165, 1.54) is 24.3 Å². The summed E-state index contributed by atoms with van der Waals surface area (Å²) in [4.78, 5) is 17.0. The summed E-state index contributed by atoms with van der Waals surface area (Å²) >= 11 is 0. The number of sulfone groups is 2. The highest BCUT2D eigenvalue weighted by Crippen LogP contribution is 2.35. The maximum absolute atomic E-state index is 14.9. The predicted molar refractivity (Wildman–Crippen MR) is 142 cm³/mol. The smallest absolute Gasteiger partial charge is 0.257 e. The Hall–Kier alpha value is -2.66. The van der Waals surface area contributed by atoms with Crippen LogP contribution in [-0.2, 0) is 19.7 Å². The van der Waals surface area contributed by atoms with Crippen LogP contribution in [0.2, 0.25) is 0 Å². The van der Waals surface area contributed by atoms with Gasteiger partial charge in [0, 0.05) is 32.4 Å². The van der Waals surface area contributed by atoms with Gasteiger partial charge >= 0.3 is 0 Å². The Balaban J connectivity index is 1.31. The number of benzene rings is 2. The first-order chi connectivity index (χ1) is 18.0. The molecule has 1 aliphatic heterocycles. The van der Waals surface area contributed by atoms with Crippen molar-refractivity contribution in [2.24, 2.45) is 0 Å². The molecule has 38 heavy (non-hydrogen) atoms. The van der Waals surface area contributed by atoms with Crippen LogP contribution in [0.4, 0.5) is 10.1 Å². The molecule has 0 spiro atoms. The summed E-state index contributed by atoms with van der Waals surface area (Å²) < 4.78 is 70.4. The van der Waals surface area contributed by atoms with Gasteiger partial charge in [-0.25, -0.2) is 21.2 Å². The van der Waals surface area contributed by atoms with Crippen LogP contribution in [0.5, 0.6) is 5.75 Å². The third-order valence-corrected chi connectivity index (χ3v) is 10.9. The van der Waals surface area contributed by atoms with E-state index in [-0.39, 0.29) is 27.4 Å². The SMILES string of the molecule is CS(=O)(=O)c1ccc(OC2CCCCC2)c(C(=O)N2CCN(c3ccc(S(=O)(=O)C4CC4)cc3F)CC2)c1. The highest BCUT2D eigenvalue weighted by molar-refractivity contribution is 7.92. The van der Waals surface area contributed by atoms with Crippen LogP contribution < -0.4 is 9.64 Å². The van der Waals surface area contributed by atoms with Crippen LogP contribution in [0.1, 0.15) is 55.3 Å². The molecule has 0 bridgehead atoms. The Morgan fingerprint density at radius 3 is 2.13 bits per heavy atom. The zero-order chi connectivity index (χ0) is 27.1. The summed E-state index contributed by atoms with van der Waals surface area (Å²) in [7, 11) is -7.01. The Bertz CT molecular complexity index is 1430. The molecule has 0 N–H and O–H groups in total. The number of carbonyl (C=O) groups excluding carboxylic acids is 1. The van der Waals surface area contributed by atoms with E-state index in [9.17, 15) is 26.0 Å². The number of ether oxygens (including phenoxy) is 1. The maximum Gasteiger partial charge on any atom is 0.257 e. The van der Waals surface area contributed by atoms with Crippen molar-refractivity contribution in [3.63, 3.8) is 0 Å². The lowest BCUT2D eigenvalue weighted by atomic mass is 9.97. The molecule has 0 atom stereocenters. The molecule has 2 aliphatic carbocycles. The lowest BCUT2D eigenvalue weighted by molar-refractivity contribution is 0.0735. The second kappa shape index (κ2) is 10.5. The highest BCUT2D eigenvalue weighted by Gasteiger charge is 2.37. The third kappa shape index (κ3) is 5.68. The number of carbonyl (C=O) groups is 1. The van der Waals surface area contributed by atoms with E-state index in [2.05, 4.69) is 0 Å². The van der Waals surface area contributed by atoms with Crippen molar-refractivity contribution in [2.75, 3.05) is 37.3 Å². The molecule has 1 saturated heterocycles. The second-order valence-electron chi connectivity index (χ2n) is 10.4. The van der Waals surface area contributed by atoms with Crippen molar-refractivity contribution >= 4 is 31.3 Å². The first-order valence-electron chi connectivity index (χ1n) is 13.1. The fourth-order valence-electron chi connectivity index (χ4n) is 5.18. The van der Waals surface area contributed by atoms with Gasteiger partial charge in [-0.05, 0) is 74.9 Å². The number of amides is 1. The standard InChI is InChI=1S/C27H33FN2O6S2/c1-37(32,33)21-10-12-26(36-19-5-3-2-4-6-19)23(17-21)27(31)30-15-13-29(14-16-30)25-11-9-22(18-24(25)28)38(34,35)20-7-8-20/h9-12,17-20H,2-8,13-16H2,1H3. The van der Waals surface area contributed by atoms with Gasteiger partial charge in [0.1, 0.15) is 11.6 Å². The summed E-state index contributed by atoms with van der Waals surface area (Å²) in [6.45, 7) is 1.29. The zero-order valence-electron chi connectivity index (χ0n) is 21.4. The van der Waals surface area contributed by atoms with Crippen molar-refractivity contribution in [2.45, 2.75) is 66.1 Å². The topological polar surface area (TPSA) is 101 Å². The first-order valence-corrected chi connectivity index (χ1v) is 16.6. The number of hydrogen-bond acceptors (Lipinski definition) is 7. The van der Waals surface area contributed by atoms with Crippen LogP contribution >= 0.6 is 0 Å². The average molecular weight is 565 g/mol. The van der Waals surface area contributed by atoms with Crippen molar-refractivity contribution in [3.8, 4) is 5.75 Å². The molecule has 5 rings (SSSR count). The van der Waals surface area contributed by atoms with Crippen molar-refractivity contribution in [1.82, 2.24) is 4.90 Å². The number of piperazine rings is 1. The van der Waals surface area contributed by atoms with Crippen LogP contribution in [0, 0.1) is 5.82 Å². The number of halogens is 1. The molecule has 206 valence electrons. The molecule has 0 unspecified atom stereocenters. The van der Waals surface area contributed by atoms with E-state index in [4.69, 9.17) is 4.74 Å². The van der Waals surface area contributed by atoms with Gasteiger partial charge in [0.2, 0.25) is 0 Å². The molecule has 2 aromatic carbocycles. The largest absolute Gasteiger partial charge is 0.490 e. The Morgan fingerprint density at radius 1 is 0.868 bits per heavy atom. The summed E-state index contributed by atoms with van der Waals surface area (Å²) in [5.41, 5.74) is 0.514. The molecule has 1 amide bonds. The van der Waals surface area contributed by atoms with Gasteiger partial charge in [-0.3, -0.25) is 4.79 Å². The lowest BCUT2D eigenvalue weighted by Crippen LogP contribution is -2.49. The van der Waals surface area contributed by atoms with Gasteiger partial charge in [-0.1, -0.05) is 6.42 Å². The van der Waals surface area contributed by atoms with E-state index in [1.807, 2.05) is 0 Å². The van der Waals surface area contributed by atoms with Crippen LogP contribution in [0.3, 0.4) is 0 Å². The summed E-state index contributed by atoms with van der Waals surface area (Å²) in [6, 6.07) is 8.47. The van der Waals surface area contributed by atoms with Crippen LogP contribution in [0.15, 0.2) is 46.2 Å². The van der Waals surface area contributed by atoms with Gasteiger partial charge in [-0.2, -0.15) is 0 Å².